The Kier molecular flexibility index (Phi) is 3.28. The highest BCUT2D eigenvalue weighted by atomic mass is 15.5. The van der Waals surface area contributed by atoms with Gasteiger partial charge >= 0.3 is 0 Å². The Bertz CT molecular complexity index is 337. The quantitative estimate of drug-likeness (QED) is 0.540. The molecule has 0 radical (unpaired) electrons. The number of nitrogen functional groups attached to an aromatic ring is 1. The van der Waals surface area contributed by atoms with Crippen molar-refractivity contribution in [2.45, 2.75) is 19.9 Å². The van der Waals surface area contributed by atoms with Crippen LogP contribution in [0.1, 0.15) is 19.7 Å². The summed E-state index contributed by atoms with van der Waals surface area (Å²) in [7, 11) is 0. The zero-order chi connectivity index (χ0) is 10.6. The van der Waals surface area contributed by atoms with E-state index in [4.69, 9.17) is 5.84 Å². The van der Waals surface area contributed by atoms with E-state index in [1.807, 2.05) is 19.9 Å². The van der Waals surface area contributed by atoms with E-state index in [0.717, 1.165) is 5.70 Å². The minimum Gasteiger partial charge on any atom is -0.383 e. The molecule has 14 heavy (non-hydrogen) atoms. The van der Waals surface area contributed by atoms with Gasteiger partial charge in [0, 0.05) is 11.7 Å². The van der Waals surface area contributed by atoms with Gasteiger partial charge in [0.15, 0.2) is 5.82 Å². The third-order valence-corrected chi connectivity index (χ3v) is 1.51. The predicted molar refractivity (Wildman–Crippen MR) is 56.6 cm³/mol. The summed E-state index contributed by atoms with van der Waals surface area (Å²) in [5, 5.41) is 6.88. The summed E-state index contributed by atoms with van der Waals surface area (Å²) in [6.45, 7) is 7.92. The molecule has 0 atom stereocenters. The van der Waals surface area contributed by atoms with Crippen molar-refractivity contribution >= 4 is 6.08 Å². The van der Waals surface area contributed by atoms with Gasteiger partial charge in [-0.25, -0.2) is 4.98 Å². The van der Waals surface area contributed by atoms with Crippen molar-refractivity contribution in [3.05, 3.63) is 30.5 Å². The van der Waals surface area contributed by atoms with Gasteiger partial charge in [0.25, 0.3) is 0 Å². The smallest absolute Gasteiger partial charge is 0.173 e. The van der Waals surface area contributed by atoms with E-state index in [1.165, 1.54) is 11.1 Å². The maximum absolute atomic E-state index is 5.47. The Hall–Kier alpha value is -1.78. The van der Waals surface area contributed by atoms with E-state index in [0.29, 0.717) is 11.9 Å². The molecule has 1 rings (SSSR count). The molecule has 5 nitrogen and oxygen atoms in total. The number of nitrogens with zero attached hydrogens (tertiary/aromatic N) is 3. The maximum Gasteiger partial charge on any atom is 0.173 e. The van der Waals surface area contributed by atoms with Crippen LogP contribution in [0.5, 0.6) is 0 Å². The Balaban J connectivity index is 2.56. The monoisotopic (exact) mass is 193 g/mol. The molecule has 0 spiro atoms. The van der Waals surface area contributed by atoms with Crippen LogP contribution >= 0.6 is 0 Å². The number of hydrogen-bond donors (Lipinski definition) is 2. The summed E-state index contributed by atoms with van der Waals surface area (Å²) in [6.07, 6.45) is 4.97. The summed E-state index contributed by atoms with van der Waals surface area (Å²) in [5.41, 5.74) is 0.822. The van der Waals surface area contributed by atoms with E-state index >= 15 is 0 Å². The van der Waals surface area contributed by atoms with Gasteiger partial charge in [-0.2, -0.15) is 4.79 Å². The van der Waals surface area contributed by atoms with Crippen molar-refractivity contribution in [1.29, 1.82) is 0 Å². The van der Waals surface area contributed by atoms with Crippen LogP contribution in [0.4, 0.5) is 0 Å². The lowest BCUT2D eigenvalue weighted by Gasteiger charge is -2.08. The molecule has 3 N–H and O–H groups in total. The fraction of sp³-hybridized carbons (Fsp3) is 0.333. The highest BCUT2D eigenvalue weighted by Crippen LogP contribution is 1.97. The van der Waals surface area contributed by atoms with E-state index in [9.17, 15) is 0 Å². The van der Waals surface area contributed by atoms with Gasteiger partial charge in [0.2, 0.25) is 0 Å². The maximum atomic E-state index is 5.47. The zero-order valence-corrected chi connectivity index (χ0v) is 8.44. The van der Waals surface area contributed by atoms with Crippen LogP contribution < -0.4 is 11.2 Å². The van der Waals surface area contributed by atoms with Crippen LogP contribution in [0, 0.1) is 0 Å². The molecule has 0 amide bonds. The van der Waals surface area contributed by atoms with Gasteiger partial charge in [0.1, 0.15) is 6.33 Å². The van der Waals surface area contributed by atoms with Crippen LogP contribution in [0.25, 0.3) is 6.08 Å². The lowest BCUT2D eigenvalue weighted by atomic mass is 10.3. The SMILES string of the molecule is C=C(/C=C\c1ncnn1N)NC(C)C. The Labute approximate surface area is 83.3 Å². The van der Waals surface area contributed by atoms with E-state index in [2.05, 4.69) is 22.0 Å². The van der Waals surface area contributed by atoms with E-state index in [-0.39, 0.29) is 0 Å². The number of hydrogen-bond acceptors (Lipinski definition) is 4. The van der Waals surface area contributed by atoms with Crippen molar-refractivity contribution in [3.8, 4) is 0 Å². The van der Waals surface area contributed by atoms with Gasteiger partial charge in [-0.15, -0.1) is 5.10 Å². The second kappa shape index (κ2) is 4.45. The molecule has 0 saturated heterocycles. The fourth-order valence-corrected chi connectivity index (χ4v) is 0.972. The van der Waals surface area contributed by atoms with Gasteiger partial charge in [-0.1, -0.05) is 6.58 Å². The minimum absolute atomic E-state index is 0.364. The Morgan fingerprint density at radius 1 is 1.71 bits per heavy atom. The van der Waals surface area contributed by atoms with Crippen molar-refractivity contribution in [1.82, 2.24) is 20.2 Å². The van der Waals surface area contributed by atoms with Crippen molar-refractivity contribution in [3.63, 3.8) is 0 Å². The van der Waals surface area contributed by atoms with Gasteiger partial charge in [0.05, 0.1) is 0 Å². The standard InChI is InChI=1S/C9H15N5/c1-7(2)13-8(3)4-5-9-11-6-12-14(9)10/h4-7,13H,3,10H2,1-2H3/b5-4-. The number of rotatable bonds is 4. The van der Waals surface area contributed by atoms with Crippen LogP contribution in [0.3, 0.4) is 0 Å². The van der Waals surface area contributed by atoms with Crippen LogP contribution in [0.15, 0.2) is 24.7 Å². The molecule has 5 heteroatoms. The van der Waals surface area contributed by atoms with Gasteiger partial charge in [-0.3, -0.25) is 0 Å². The first-order valence-electron chi connectivity index (χ1n) is 4.38. The summed E-state index contributed by atoms with van der Waals surface area (Å²) in [5.74, 6) is 6.06. The molecule has 1 aromatic heterocycles. The predicted octanol–water partition coefficient (Wildman–Crippen LogP) is 0.517. The molecule has 0 aliphatic heterocycles. The lowest BCUT2D eigenvalue weighted by Crippen LogP contribution is -2.20. The molecule has 0 aromatic carbocycles. The molecule has 1 aromatic rings. The van der Waals surface area contributed by atoms with Gasteiger partial charge in [-0.05, 0) is 26.0 Å². The molecule has 0 aliphatic carbocycles. The number of aromatic nitrogens is 3. The Morgan fingerprint density at radius 2 is 2.43 bits per heavy atom. The average molecular weight is 193 g/mol. The minimum atomic E-state index is 0.364. The van der Waals surface area contributed by atoms with Crippen molar-refractivity contribution in [2.24, 2.45) is 0 Å². The first-order valence-corrected chi connectivity index (χ1v) is 4.38. The van der Waals surface area contributed by atoms with Crippen molar-refractivity contribution < 1.29 is 0 Å². The molecule has 0 saturated carbocycles. The molecular formula is C9H15N5. The van der Waals surface area contributed by atoms with Crippen LogP contribution in [-0.2, 0) is 0 Å². The van der Waals surface area contributed by atoms with E-state index in [1.54, 1.807) is 6.08 Å². The van der Waals surface area contributed by atoms with Crippen LogP contribution in [-0.4, -0.2) is 20.9 Å². The molecule has 76 valence electrons. The zero-order valence-electron chi connectivity index (χ0n) is 8.44. The summed E-state index contributed by atoms with van der Waals surface area (Å²) in [4.78, 5) is 5.15. The second-order valence-corrected chi connectivity index (χ2v) is 3.22. The average Bonchev–Trinajstić information content (AvgIpc) is 2.46. The number of nitrogens with two attached hydrogens (primary N) is 1. The van der Waals surface area contributed by atoms with Crippen molar-refractivity contribution in [2.75, 3.05) is 5.84 Å². The topological polar surface area (TPSA) is 68.8 Å². The first kappa shape index (κ1) is 10.3. The summed E-state index contributed by atoms with van der Waals surface area (Å²) >= 11 is 0. The normalized spacial score (nSPS) is 11.1. The Morgan fingerprint density at radius 3 is 2.93 bits per heavy atom. The largest absolute Gasteiger partial charge is 0.383 e. The highest BCUT2D eigenvalue weighted by molar-refractivity contribution is 5.44. The van der Waals surface area contributed by atoms with Crippen LogP contribution in [0.2, 0.25) is 0 Å². The molecule has 0 fully saturated rings. The van der Waals surface area contributed by atoms with E-state index < -0.39 is 0 Å². The molecular weight excluding hydrogens is 178 g/mol. The fourth-order valence-electron chi connectivity index (χ4n) is 0.972. The summed E-state index contributed by atoms with van der Waals surface area (Å²) in [6, 6.07) is 0.364. The van der Waals surface area contributed by atoms with Gasteiger partial charge < -0.3 is 11.2 Å². The first-order chi connectivity index (χ1) is 6.59. The molecule has 1 heterocycles. The second-order valence-electron chi connectivity index (χ2n) is 3.22. The lowest BCUT2D eigenvalue weighted by molar-refractivity contribution is 0.683. The molecule has 0 unspecified atom stereocenters. The third-order valence-electron chi connectivity index (χ3n) is 1.51. The number of nitrogens with one attached hydrogen (secondary N) is 1. The molecule has 0 bridgehead atoms. The third kappa shape index (κ3) is 2.93. The number of allylic oxidation sites excluding steroid dienone is 1. The summed E-state index contributed by atoms with van der Waals surface area (Å²) < 4.78 is 0. The highest BCUT2D eigenvalue weighted by Gasteiger charge is 1.95. The molecule has 0 aliphatic rings.